The molecule has 0 aromatic carbocycles. The van der Waals surface area contributed by atoms with E-state index in [1.54, 1.807) is 0 Å². The topological polar surface area (TPSA) is 170 Å². The molecule has 0 bridgehead atoms. The summed E-state index contributed by atoms with van der Waals surface area (Å²) < 4.78 is 0. The monoisotopic (exact) mass is 261 g/mol. The highest BCUT2D eigenvalue weighted by Crippen LogP contribution is 2.10. The van der Waals surface area contributed by atoms with Gasteiger partial charge in [-0.05, 0) is 12.8 Å². The SMILES string of the molecule is NCC(CC(N)C(=O)O)C(=O)C(N)CCC(=O)O. The summed E-state index contributed by atoms with van der Waals surface area (Å²) >= 11 is 0. The van der Waals surface area contributed by atoms with Crippen LogP contribution in [-0.4, -0.2) is 46.6 Å². The van der Waals surface area contributed by atoms with E-state index in [9.17, 15) is 14.4 Å². The standard InChI is InChI=1S/C10H19N3O5/c11-4-5(3-7(13)10(17)18)9(16)6(12)1-2-8(14)15/h5-7H,1-4,11-13H2,(H,14,15)(H,17,18). The van der Waals surface area contributed by atoms with E-state index in [1.807, 2.05) is 0 Å². The third-order valence-electron chi connectivity index (χ3n) is 2.58. The third kappa shape index (κ3) is 5.71. The van der Waals surface area contributed by atoms with Crippen molar-refractivity contribution in [1.82, 2.24) is 0 Å². The van der Waals surface area contributed by atoms with Crippen LogP contribution in [0.4, 0.5) is 0 Å². The van der Waals surface area contributed by atoms with Crippen molar-refractivity contribution >= 4 is 17.7 Å². The minimum atomic E-state index is -1.22. The lowest BCUT2D eigenvalue weighted by atomic mass is 9.90. The average molecular weight is 261 g/mol. The fourth-order valence-electron chi connectivity index (χ4n) is 1.46. The van der Waals surface area contributed by atoms with Gasteiger partial charge in [-0.15, -0.1) is 0 Å². The summed E-state index contributed by atoms with van der Waals surface area (Å²) in [4.78, 5) is 32.7. The summed E-state index contributed by atoms with van der Waals surface area (Å²) in [5.41, 5.74) is 16.2. The van der Waals surface area contributed by atoms with E-state index >= 15 is 0 Å². The number of rotatable bonds is 9. The van der Waals surface area contributed by atoms with Crippen molar-refractivity contribution in [2.75, 3.05) is 6.54 Å². The first-order valence-electron chi connectivity index (χ1n) is 5.49. The van der Waals surface area contributed by atoms with Gasteiger partial charge >= 0.3 is 11.9 Å². The average Bonchev–Trinajstić information content (AvgIpc) is 2.31. The van der Waals surface area contributed by atoms with Crippen molar-refractivity contribution in [2.45, 2.75) is 31.3 Å². The highest BCUT2D eigenvalue weighted by Gasteiger charge is 2.27. The predicted octanol–water partition coefficient (Wildman–Crippen LogP) is -1.88. The predicted molar refractivity (Wildman–Crippen MR) is 62.6 cm³/mol. The molecule has 0 aliphatic heterocycles. The van der Waals surface area contributed by atoms with Crippen molar-refractivity contribution in [3.8, 4) is 0 Å². The van der Waals surface area contributed by atoms with Crippen LogP contribution in [-0.2, 0) is 14.4 Å². The Bertz CT molecular complexity index is 321. The molecule has 8 N–H and O–H groups in total. The molecule has 0 rings (SSSR count). The van der Waals surface area contributed by atoms with Crippen LogP contribution in [0.5, 0.6) is 0 Å². The third-order valence-corrected chi connectivity index (χ3v) is 2.58. The van der Waals surface area contributed by atoms with Crippen LogP contribution in [0.1, 0.15) is 19.3 Å². The highest BCUT2D eigenvalue weighted by molar-refractivity contribution is 5.87. The van der Waals surface area contributed by atoms with Gasteiger partial charge in [-0.1, -0.05) is 0 Å². The van der Waals surface area contributed by atoms with Crippen molar-refractivity contribution in [1.29, 1.82) is 0 Å². The number of hydrogen-bond donors (Lipinski definition) is 5. The number of aliphatic carboxylic acids is 2. The van der Waals surface area contributed by atoms with Gasteiger partial charge in [0.15, 0.2) is 5.78 Å². The minimum Gasteiger partial charge on any atom is -0.481 e. The van der Waals surface area contributed by atoms with Crippen LogP contribution < -0.4 is 17.2 Å². The maximum absolute atomic E-state index is 11.8. The molecule has 18 heavy (non-hydrogen) atoms. The summed E-state index contributed by atoms with van der Waals surface area (Å²) in [7, 11) is 0. The van der Waals surface area contributed by atoms with E-state index in [0.717, 1.165) is 0 Å². The van der Waals surface area contributed by atoms with Crippen LogP contribution in [0.3, 0.4) is 0 Å². The number of hydrogen-bond acceptors (Lipinski definition) is 6. The van der Waals surface area contributed by atoms with Gasteiger partial charge in [0.1, 0.15) is 6.04 Å². The summed E-state index contributed by atoms with van der Waals surface area (Å²) in [6, 6.07) is -2.15. The van der Waals surface area contributed by atoms with Crippen molar-refractivity contribution in [3.63, 3.8) is 0 Å². The second kappa shape index (κ2) is 7.75. The molecule has 3 atom stereocenters. The molecule has 0 amide bonds. The first-order valence-corrected chi connectivity index (χ1v) is 5.49. The molecule has 3 unspecified atom stereocenters. The van der Waals surface area contributed by atoms with Crippen molar-refractivity contribution < 1.29 is 24.6 Å². The van der Waals surface area contributed by atoms with E-state index in [0.29, 0.717) is 0 Å². The zero-order valence-corrected chi connectivity index (χ0v) is 9.91. The molecule has 0 aliphatic carbocycles. The Morgan fingerprint density at radius 1 is 1.06 bits per heavy atom. The molecule has 0 aliphatic rings. The molecule has 0 aromatic rings. The summed E-state index contributed by atoms with van der Waals surface area (Å²) in [5.74, 6) is -3.49. The quantitative estimate of drug-likeness (QED) is 0.321. The largest absolute Gasteiger partial charge is 0.481 e. The number of carbonyl (C=O) groups is 3. The van der Waals surface area contributed by atoms with Gasteiger partial charge < -0.3 is 27.4 Å². The Balaban J connectivity index is 4.41. The minimum absolute atomic E-state index is 0.00697. The van der Waals surface area contributed by atoms with Gasteiger partial charge in [0.25, 0.3) is 0 Å². The van der Waals surface area contributed by atoms with E-state index < -0.39 is 35.7 Å². The lowest BCUT2D eigenvalue weighted by Crippen LogP contribution is -2.43. The molecule has 0 aromatic heterocycles. The Labute approximate surface area is 104 Å². The van der Waals surface area contributed by atoms with Crippen molar-refractivity contribution in [3.05, 3.63) is 0 Å². The molecule has 8 nitrogen and oxygen atoms in total. The Kier molecular flexibility index (Phi) is 7.10. The number of nitrogens with two attached hydrogens (primary N) is 3. The zero-order chi connectivity index (χ0) is 14.3. The van der Waals surface area contributed by atoms with Crippen LogP contribution in [0, 0.1) is 5.92 Å². The Hall–Kier alpha value is -1.51. The number of ketones is 1. The maximum atomic E-state index is 11.8. The first-order chi connectivity index (χ1) is 8.29. The molecular formula is C10H19N3O5. The zero-order valence-electron chi connectivity index (χ0n) is 9.91. The fourth-order valence-corrected chi connectivity index (χ4v) is 1.46. The second-order valence-corrected chi connectivity index (χ2v) is 4.05. The fraction of sp³-hybridized carbons (Fsp3) is 0.700. The van der Waals surface area contributed by atoms with Gasteiger partial charge in [0.05, 0.1) is 6.04 Å². The number of carboxylic acid groups (broad SMARTS) is 2. The molecule has 0 saturated carbocycles. The summed E-state index contributed by atoms with van der Waals surface area (Å²) in [6.45, 7) is -0.0689. The van der Waals surface area contributed by atoms with E-state index in [2.05, 4.69) is 0 Å². The van der Waals surface area contributed by atoms with Crippen LogP contribution >= 0.6 is 0 Å². The summed E-state index contributed by atoms with van der Waals surface area (Å²) in [6.07, 6.45) is -0.340. The smallest absolute Gasteiger partial charge is 0.320 e. The van der Waals surface area contributed by atoms with Gasteiger partial charge in [0, 0.05) is 18.9 Å². The van der Waals surface area contributed by atoms with Gasteiger partial charge in [-0.25, -0.2) is 0 Å². The molecule has 0 fully saturated rings. The van der Waals surface area contributed by atoms with E-state index in [-0.39, 0.29) is 25.8 Å². The second-order valence-electron chi connectivity index (χ2n) is 4.05. The highest BCUT2D eigenvalue weighted by atomic mass is 16.4. The van der Waals surface area contributed by atoms with E-state index in [1.165, 1.54) is 0 Å². The number of carboxylic acids is 2. The van der Waals surface area contributed by atoms with Crippen LogP contribution in [0.15, 0.2) is 0 Å². The van der Waals surface area contributed by atoms with E-state index in [4.69, 9.17) is 27.4 Å². The van der Waals surface area contributed by atoms with Gasteiger partial charge in [-0.3, -0.25) is 14.4 Å². The van der Waals surface area contributed by atoms with Crippen LogP contribution in [0.25, 0.3) is 0 Å². The molecule has 0 saturated heterocycles. The Morgan fingerprint density at radius 3 is 2.00 bits per heavy atom. The normalized spacial score (nSPS) is 15.7. The van der Waals surface area contributed by atoms with Gasteiger partial charge in [0.2, 0.25) is 0 Å². The number of Topliss-reactive ketones (excluding diaryl/α,β-unsaturated/α-hetero) is 1. The maximum Gasteiger partial charge on any atom is 0.320 e. The van der Waals surface area contributed by atoms with Crippen molar-refractivity contribution in [2.24, 2.45) is 23.1 Å². The molecule has 104 valence electrons. The molecule has 0 spiro atoms. The summed E-state index contributed by atoms with van der Waals surface area (Å²) in [5, 5.41) is 17.1. The Morgan fingerprint density at radius 2 is 1.61 bits per heavy atom. The van der Waals surface area contributed by atoms with Crippen LogP contribution in [0.2, 0.25) is 0 Å². The molecule has 8 heteroatoms. The molecule has 0 heterocycles. The molecular weight excluding hydrogens is 242 g/mol. The lowest BCUT2D eigenvalue weighted by molar-refractivity contribution is -0.139. The van der Waals surface area contributed by atoms with Gasteiger partial charge in [-0.2, -0.15) is 0 Å². The first kappa shape index (κ1) is 16.5. The molecule has 0 radical (unpaired) electrons. The lowest BCUT2D eigenvalue weighted by Gasteiger charge is -2.19. The number of carbonyl (C=O) groups excluding carboxylic acids is 1.